The fourth-order valence-corrected chi connectivity index (χ4v) is 2.73. The first-order valence-corrected chi connectivity index (χ1v) is 8.63. The molecule has 4 rings (SSSR count). The number of aryl methyl sites for hydroxylation is 1. The van der Waals surface area contributed by atoms with E-state index >= 15 is 0 Å². The van der Waals surface area contributed by atoms with E-state index < -0.39 is 0 Å². The number of anilines is 4. The molecule has 0 saturated carbocycles. The van der Waals surface area contributed by atoms with Gasteiger partial charge in [-0.15, -0.1) is 0 Å². The summed E-state index contributed by atoms with van der Waals surface area (Å²) in [7, 11) is 1.98. The second kappa shape index (κ2) is 7.29. The standard InChI is InChI=1S/C21H19N5O/c1-15-13-19(25-27-15)22-18-14-20(26(2)17-11-7-4-8-12-17)24-21(23-18)16-9-5-3-6-10-16/h3-14H,1-2H3,(H,22,23,24,25). The number of benzene rings is 2. The second-order valence-corrected chi connectivity index (χ2v) is 6.14. The summed E-state index contributed by atoms with van der Waals surface area (Å²) in [5.41, 5.74) is 1.98. The van der Waals surface area contributed by atoms with Crippen LogP contribution in [-0.2, 0) is 0 Å². The first-order valence-electron chi connectivity index (χ1n) is 8.63. The zero-order valence-electron chi connectivity index (χ0n) is 15.1. The number of hydrogen-bond donors (Lipinski definition) is 1. The lowest BCUT2D eigenvalue weighted by Gasteiger charge is -2.19. The van der Waals surface area contributed by atoms with Crippen LogP contribution in [0.2, 0.25) is 0 Å². The molecule has 0 unspecified atom stereocenters. The molecule has 2 aromatic carbocycles. The first kappa shape index (κ1) is 16.8. The molecule has 2 aromatic heterocycles. The summed E-state index contributed by atoms with van der Waals surface area (Å²) in [6.45, 7) is 1.85. The Balaban J connectivity index is 1.76. The van der Waals surface area contributed by atoms with Gasteiger partial charge in [-0.3, -0.25) is 0 Å². The van der Waals surface area contributed by atoms with Crippen LogP contribution in [0.4, 0.5) is 23.1 Å². The first-order chi connectivity index (χ1) is 13.2. The molecule has 0 amide bonds. The van der Waals surface area contributed by atoms with E-state index in [0.717, 1.165) is 22.8 Å². The average molecular weight is 357 g/mol. The highest BCUT2D eigenvalue weighted by Crippen LogP contribution is 2.27. The van der Waals surface area contributed by atoms with Crippen LogP contribution in [0.25, 0.3) is 11.4 Å². The molecule has 0 radical (unpaired) electrons. The summed E-state index contributed by atoms with van der Waals surface area (Å²) in [5.74, 6) is 3.40. The highest BCUT2D eigenvalue weighted by Gasteiger charge is 2.12. The molecule has 2 heterocycles. The van der Waals surface area contributed by atoms with Gasteiger partial charge in [0.2, 0.25) is 0 Å². The van der Waals surface area contributed by atoms with Crippen molar-refractivity contribution in [2.75, 3.05) is 17.3 Å². The van der Waals surface area contributed by atoms with Crippen molar-refractivity contribution in [1.82, 2.24) is 15.1 Å². The van der Waals surface area contributed by atoms with Crippen molar-refractivity contribution in [2.24, 2.45) is 0 Å². The Morgan fingerprint density at radius 1 is 0.852 bits per heavy atom. The van der Waals surface area contributed by atoms with Crippen molar-refractivity contribution < 1.29 is 4.52 Å². The Labute approximate surface area is 157 Å². The van der Waals surface area contributed by atoms with E-state index in [-0.39, 0.29) is 0 Å². The molecule has 27 heavy (non-hydrogen) atoms. The number of nitrogens with one attached hydrogen (secondary N) is 1. The third-order valence-electron chi connectivity index (χ3n) is 4.12. The number of nitrogens with zero attached hydrogens (tertiary/aromatic N) is 4. The van der Waals surface area contributed by atoms with E-state index in [9.17, 15) is 0 Å². The summed E-state index contributed by atoms with van der Waals surface area (Å²) < 4.78 is 5.13. The fourth-order valence-electron chi connectivity index (χ4n) is 2.73. The third-order valence-corrected chi connectivity index (χ3v) is 4.12. The van der Waals surface area contributed by atoms with E-state index in [1.807, 2.05) is 91.7 Å². The molecule has 6 heteroatoms. The molecular weight excluding hydrogens is 338 g/mol. The van der Waals surface area contributed by atoms with Gasteiger partial charge in [0.1, 0.15) is 17.4 Å². The zero-order valence-corrected chi connectivity index (χ0v) is 15.1. The molecule has 1 N–H and O–H groups in total. The van der Waals surface area contributed by atoms with Gasteiger partial charge in [0, 0.05) is 30.4 Å². The van der Waals surface area contributed by atoms with Crippen molar-refractivity contribution in [3.8, 4) is 11.4 Å². The number of hydrogen-bond acceptors (Lipinski definition) is 6. The van der Waals surface area contributed by atoms with Crippen molar-refractivity contribution in [2.45, 2.75) is 6.92 Å². The molecule has 0 atom stereocenters. The van der Waals surface area contributed by atoms with Crippen molar-refractivity contribution in [3.05, 3.63) is 78.6 Å². The average Bonchev–Trinajstić information content (AvgIpc) is 3.13. The van der Waals surface area contributed by atoms with Crippen molar-refractivity contribution in [1.29, 1.82) is 0 Å². The minimum absolute atomic E-state index is 0.610. The Hall–Kier alpha value is -3.67. The van der Waals surface area contributed by atoms with Crippen molar-refractivity contribution >= 4 is 23.1 Å². The third kappa shape index (κ3) is 3.79. The van der Waals surface area contributed by atoms with E-state index in [1.165, 1.54) is 0 Å². The molecule has 4 aromatic rings. The van der Waals surface area contributed by atoms with Gasteiger partial charge in [-0.25, -0.2) is 9.97 Å². The normalized spacial score (nSPS) is 10.6. The maximum absolute atomic E-state index is 5.13. The maximum Gasteiger partial charge on any atom is 0.175 e. The molecular formula is C21H19N5O. The molecule has 0 fully saturated rings. The Morgan fingerprint density at radius 3 is 2.22 bits per heavy atom. The SMILES string of the molecule is Cc1cc(Nc2cc(N(C)c3ccccc3)nc(-c3ccccc3)n2)no1. The van der Waals surface area contributed by atoms with E-state index in [2.05, 4.69) is 15.5 Å². The molecule has 0 aliphatic heterocycles. The van der Waals surface area contributed by atoms with Crippen LogP contribution < -0.4 is 10.2 Å². The number of aromatic nitrogens is 3. The van der Waals surface area contributed by atoms with Crippen LogP contribution in [0.3, 0.4) is 0 Å². The molecule has 0 bridgehead atoms. The summed E-state index contributed by atoms with van der Waals surface area (Å²) in [6, 6.07) is 23.7. The van der Waals surface area contributed by atoms with Crippen molar-refractivity contribution in [3.63, 3.8) is 0 Å². The summed E-state index contributed by atoms with van der Waals surface area (Å²) in [5, 5.41) is 7.19. The van der Waals surface area contributed by atoms with Crippen LogP contribution >= 0.6 is 0 Å². The van der Waals surface area contributed by atoms with Crippen LogP contribution in [0.15, 0.2) is 77.3 Å². The van der Waals surface area contributed by atoms with Crippen LogP contribution in [-0.4, -0.2) is 22.2 Å². The predicted octanol–water partition coefficient (Wildman–Crippen LogP) is 4.95. The fraction of sp³-hybridized carbons (Fsp3) is 0.0952. The minimum Gasteiger partial charge on any atom is -0.360 e. The topological polar surface area (TPSA) is 67.1 Å². The highest BCUT2D eigenvalue weighted by atomic mass is 16.5. The Kier molecular flexibility index (Phi) is 4.53. The molecule has 0 spiro atoms. The van der Waals surface area contributed by atoms with Gasteiger partial charge in [-0.1, -0.05) is 53.7 Å². The Morgan fingerprint density at radius 2 is 1.56 bits per heavy atom. The van der Waals surface area contributed by atoms with Gasteiger partial charge in [-0.2, -0.15) is 0 Å². The van der Waals surface area contributed by atoms with Crippen LogP contribution in [0.5, 0.6) is 0 Å². The molecule has 0 aliphatic carbocycles. The lowest BCUT2D eigenvalue weighted by Crippen LogP contribution is -2.12. The predicted molar refractivity (Wildman–Crippen MR) is 106 cm³/mol. The van der Waals surface area contributed by atoms with E-state index in [0.29, 0.717) is 17.5 Å². The minimum atomic E-state index is 0.610. The molecule has 0 saturated heterocycles. The smallest absolute Gasteiger partial charge is 0.175 e. The molecule has 134 valence electrons. The lowest BCUT2D eigenvalue weighted by atomic mass is 10.2. The summed E-state index contributed by atoms with van der Waals surface area (Å²) >= 11 is 0. The van der Waals surface area contributed by atoms with Gasteiger partial charge in [0.15, 0.2) is 11.6 Å². The zero-order chi connectivity index (χ0) is 18.6. The van der Waals surface area contributed by atoms with E-state index in [1.54, 1.807) is 0 Å². The number of rotatable bonds is 5. The lowest BCUT2D eigenvalue weighted by molar-refractivity contribution is 0.400. The number of para-hydroxylation sites is 1. The summed E-state index contributed by atoms with van der Waals surface area (Å²) in [4.78, 5) is 11.4. The van der Waals surface area contributed by atoms with Gasteiger partial charge in [-0.05, 0) is 19.1 Å². The Bertz CT molecular complexity index is 1030. The molecule has 6 nitrogen and oxygen atoms in total. The largest absolute Gasteiger partial charge is 0.360 e. The van der Waals surface area contributed by atoms with Gasteiger partial charge in [0.05, 0.1) is 0 Å². The van der Waals surface area contributed by atoms with E-state index in [4.69, 9.17) is 9.51 Å². The van der Waals surface area contributed by atoms with Crippen LogP contribution in [0.1, 0.15) is 5.76 Å². The quantitative estimate of drug-likeness (QED) is 0.545. The summed E-state index contributed by atoms with van der Waals surface area (Å²) in [6.07, 6.45) is 0. The van der Waals surface area contributed by atoms with Crippen LogP contribution in [0, 0.1) is 6.92 Å². The van der Waals surface area contributed by atoms with Gasteiger partial charge in [0.25, 0.3) is 0 Å². The maximum atomic E-state index is 5.13. The van der Waals surface area contributed by atoms with Gasteiger partial charge >= 0.3 is 0 Å². The van der Waals surface area contributed by atoms with Gasteiger partial charge < -0.3 is 14.7 Å². The second-order valence-electron chi connectivity index (χ2n) is 6.14. The highest BCUT2D eigenvalue weighted by molar-refractivity contribution is 5.68. The monoisotopic (exact) mass is 357 g/mol. The molecule has 0 aliphatic rings.